The van der Waals surface area contributed by atoms with Crippen molar-refractivity contribution in [1.29, 1.82) is 0 Å². The highest BCUT2D eigenvalue weighted by atomic mass is 16.5. The summed E-state index contributed by atoms with van der Waals surface area (Å²) < 4.78 is 5.20. The number of ether oxygens (including phenoxy) is 1. The maximum absolute atomic E-state index is 12.8. The summed E-state index contributed by atoms with van der Waals surface area (Å²) in [5, 5.41) is 20.1. The third kappa shape index (κ3) is 12.2. The van der Waals surface area contributed by atoms with Crippen LogP contribution in [-0.4, -0.2) is 41.7 Å². The van der Waals surface area contributed by atoms with E-state index >= 15 is 0 Å². The predicted molar refractivity (Wildman–Crippen MR) is 170 cm³/mol. The lowest BCUT2D eigenvalue weighted by Gasteiger charge is -2.25. The second-order valence-electron chi connectivity index (χ2n) is 11.5. The zero-order chi connectivity index (χ0) is 32.0. The molecule has 3 rings (SSSR count). The number of aliphatic carboxylic acids is 1. The van der Waals surface area contributed by atoms with E-state index in [1.165, 1.54) is 0 Å². The molecule has 0 bridgehead atoms. The minimum Gasteiger partial charge on any atom is -0.481 e. The van der Waals surface area contributed by atoms with Crippen LogP contribution in [0, 0.1) is 12.3 Å². The van der Waals surface area contributed by atoms with Crippen molar-refractivity contribution in [3.8, 4) is 0 Å². The van der Waals surface area contributed by atoms with Crippen molar-refractivity contribution in [1.82, 2.24) is 10.6 Å². The van der Waals surface area contributed by atoms with Gasteiger partial charge in [-0.15, -0.1) is 0 Å². The Kier molecular flexibility index (Phi) is 12.8. The van der Waals surface area contributed by atoms with E-state index in [0.29, 0.717) is 18.7 Å². The highest BCUT2D eigenvalue weighted by molar-refractivity contribution is 6.00. The molecule has 44 heavy (non-hydrogen) atoms. The molecule has 1 atom stereocenters. The summed E-state index contributed by atoms with van der Waals surface area (Å²) in [6.07, 6.45) is 1.25. The number of hydrogen-bond acceptors (Lipinski definition) is 5. The van der Waals surface area contributed by atoms with Gasteiger partial charge in [0.2, 0.25) is 5.91 Å². The average Bonchev–Trinajstić information content (AvgIpc) is 2.99. The summed E-state index contributed by atoms with van der Waals surface area (Å²) in [5.74, 6) is -1.51. The Balaban J connectivity index is 1.42. The molecule has 0 aliphatic carbocycles. The van der Waals surface area contributed by atoms with Crippen molar-refractivity contribution in [2.75, 3.05) is 17.2 Å². The van der Waals surface area contributed by atoms with Crippen molar-refractivity contribution >= 4 is 35.4 Å². The van der Waals surface area contributed by atoms with Crippen molar-refractivity contribution in [3.63, 3.8) is 0 Å². The van der Waals surface area contributed by atoms with Gasteiger partial charge >= 0.3 is 18.1 Å². The molecule has 3 aromatic rings. The number of aryl methyl sites for hydroxylation is 2. The Hall–Kier alpha value is -4.86. The fourth-order valence-electron chi connectivity index (χ4n) is 4.45. The number of para-hydroxylation sites is 1. The van der Waals surface area contributed by atoms with Gasteiger partial charge in [0.15, 0.2) is 0 Å². The smallest absolute Gasteiger partial charge is 0.408 e. The normalized spacial score (nSPS) is 11.6. The van der Waals surface area contributed by atoms with Crippen molar-refractivity contribution in [2.24, 2.45) is 5.41 Å². The highest BCUT2D eigenvalue weighted by Gasteiger charge is 2.24. The summed E-state index contributed by atoms with van der Waals surface area (Å²) >= 11 is 0. The molecular weight excluding hydrogens is 560 g/mol. The molecule has 0 saturated carbocycles. The fraction of sp³-hybridized carbons (Fsp3) is 0.353. The number of hydrogen-bond donors (Lipinski definition) is 5. The molecule has 0 fully saturated rings. The molecule has 0 unspecified atom stereocenters. The first-order chi connectivity index (χ1) is 21.0. The van der Waals surface area contributed by atoms with Crippen LogP contribution < -0.4 is 21.3 Å². The number of anilines is 2. The van der Waals surface area contributed by atoms with Gasteiger partial charge in [0.1, 0.15) is 12.6 Å². The molecule has 234 valence electrons. The van der Waals surface area contributed by atoms with E-state index in [-0.39, 0.29) is 30.9 Å². The van der Waals surface area contributed by atoms with E-state index in [1.54, 1.807) is 0 Å². The lowest BCUT2D eigenvalue weighted by Crippen LogP contribution is -2.47. The molecule has 0 radical (unpaired) electrons. The van der Waals surface area contributed by atoms with Crippen LogP contribution in [0.15, 0.2) is 78.9 Å². The van der Waals surface area contributed by atoms with Crippen LogP contribution in [0.25, 0.3) is 0 Å². The lowest BCUT2D eigenvalue weighted by molar-refractivity contribution is -0.137. The van der Waals surface area contributed by atoms with Gasteiger partial charge in [0.25, 0.3) is 0 Å². The van der Waals surface area contributed by atoms with Gasteiger partial charge in [-0.25, -0.2) is 9.59 Å². The van der Waals surface area contributed by atoms with Crippen LogP contribution in [0.4, 0.5) is 21.0 Å². The van der Waals surface area contributed by atoms with E-state index in [0.717, 1.165) is 35.2 Å². The quantitative estimate of drug-likeness (QED) is 0.139. The molecule has 5 N–H and O–H groups in total. The average molecular weight is 603 g/mol. The number of carboxylic acids is 1. The summed E-state index contributed by atoms with van der Waals surface area (Å²) in [5.41, 5.74) is 4.25. The Bertz CT molecular complexity index is 1390. The number of benzene rings is 3. The fourth-order valence-corrected chi connectivity index (χ4v) is 4.45. The first kappa shape index (κ1) is 33.6. The van der Waals surface area contributed by atoms with Crippen molar-refractivity contribution in [3.05, 3.63) is 95.6 Å². The number of amides is 4. The predicted octanol–water partition coefficient (Wildman–Crippen LogP) is 6.26. The molecule has 0 aliphatic heterocycles. The van der Waals surface area contributed by atoms with Crippen molar-refractivity contribution in [2.45, 2.75) is 65.5 Å². The number of nitrogens with one attached hydrogen (secondary N) is 4. The third-order valence-corrected chi connectivity index (χ3v) is 7.26. The Morgan fingerprint density at radius 2 is 1.52 bits per heavy atom. The minimum absolute atomic E-state index is 0.0384. The topological polar surface area (TPSA) is 146 Å². The molecule has 0 aromatic heterocycles. The highest BCUT2D eigenvalue weighted by Crippen LogP contribution is 2.27. The van der Waals surface area contributed by atoms with Gasteiger partial charge in [-0.3, -0.25) is 9.59 Å². The molecule has 10 heteroatoms. The van der Waals surface area contributed by atoms with Gasteiger partial charge in [-0.1, -0.05) is 74.5 Å². The number of carboxylic acid groups (broad SMARTS) is 1. The monoisotopic (exact) mass is 602 g/mol. The van der Waals surface area contributed by atoms with E-state index in [9.17, 15) is 19.2 Å². The standard InChI is InChI=1S/C34H42N4O6/c1-24-9-7-8-12-28(24)37-32(42)36-27-15-13-25(14-16-27)19-20-34(2,3)21-22-35-31(41)29(17-18-30(39)40)38-33(43)44-23-26-10-5-4-6-11-26/h4-16,29H,17-23H2,1-3H3,(H,35,41)(H,38,43)(H,39,40)(H2,36,37,42)/t29-/m0/s1. The van der Waals surface area contributed by atoms with E-state index < -0.39 is 24.0 Å². The van der Waals surface area contributed by atoms with E-state index in [2.05, 4.69) is 35.1 Å². The lowest BCUT2D eigenvalue weighted by atomic mass is 9.83. The number of carbonyl (C=O) groups is 4. The van der Waals surface area contributed by atoms with Gasteiger partial charge in [0, 0.05) is 24.3 Å². The van der Waals surface area contributed by atoms with Gasteiger partial charge in [-0.05, 0) is 72.9 Å². The molecule has 3 aromatic carbocycles. The molecule has 0 aliphatic rings. The third-order valence-electron chi connectivity index (χ3n) is 7.26. The van der Waals surface area contributed by atoms with Crippen molar-refractivity contribution < 1.29 is 29.0 Å². The first-order valence-electron chi connectivity index (χ1n) is 14.7. The van der Waals surface area contributed by atoms with Gasteiger partial charge in [0.05, 0.1) is 0 Å². The van der Waals surface area contributed by atoms with Crippen LogP contribution in [0.1, 0.15) is 56.2 Å². The Morgan fingerprint density at radius 1 is 0.841 bits per heavy atom. The Morgan fingerprint density at radius 3 is 2.20 bits per heavy atom. The summed E-state index contributed by atoms with van der Waals surface area (Å²) in [6.45, 7) is 6.58. The zero-order valence-corrected chi connectivity index (χ0v) is 25.5. The van der Waals surface area contributed by atoms with Crippen LogP contribution >= 0.6 is 0 Å². The van der Waals surface area contributed by atoms with Gasteiger partial charge < -0.3 is 31.1 Å². The molecule has 0 heterocycles. The second kappa shape index (κ2) is 16.7. The summed E-state index contributed by atoms with van der Waals surface area (Å²) in [4.78, 5) is 48.6. The molecule has 0 saturated heterocycles. The maximum Gasteiger partial charge on any atom is 0.408 e. The Labute approximate surface area is 258 Å². The van der Waals surface area contributed by atoms with Crippen LogP contribution in [0.3, 0.4) is 0 Å². The number of rotatable bonds is 15. The number of alkyl carbamates (subject to hydrolysis) is 1. The largest absolute Gasteiger partial charge is 0.481 e. The van der Waals surface area contributed by atoms with E-state index in [4.69, 9.17) is 9.84 Å². The molecular formula is C34H42N4O6. The van der Waals surface area contributed by atoms with E-state index in [1.807, 2.05) is 85.8 Å². The summed E-state index contributed by atoms with van der Waals surface area (Å²) in [7, 11) is 0. The van der Waals surface area contributed by atoms with Crippen LogP contribution in [-0.2, 0) is 27.4 Å². The zero-order valence-electron chi connectivity index (χ0n) is 25.5. The SMILES string of the molecule is Cc1ccccc1NC(=O)Nc1ccc(CCC(C)(C)CCNC(=O)[C@H](CCC(=O)O)NC(=O)OCc2ccccc2)cc1. The molecule has 10 nitrogen and oxygen atoms in total. The van der Waals surface area contributed by atoms with Crippen LogP contribution in [0.5, 0.6) is 0 Å². The number of carbonyl (C=O) groups excluding carboxylic acids is 3. The second-order valence-corrected chi connectivity index (χ2v) is 11.5. The van der Waals surface area contributed by atoms with Gasteiger partial charge in [-0.2, -0.15) is 0 Å². The minimum atomic E-state index is -1.06. The van der Waals surface area contributed by atoms with Crippen LogP contribution in [0.2, 0.25) is 0 Å². The summed E-state index contributed by atoms with van der Waals surface area (Å²) in [6, 6.07) is 23.1. The maximum atomic E-state index is 12.8. The molecule has 0 spiro atoms. The molecule has 4 amide bonds. The first-order valence-corrected chi connectivity index (χ1v) is 14.7. The number of urea groups is 1.